The van der Waals surface area contributed by atoms with E-state index in [1.807, 2.05) is 0 Å². The van der Waals surface area contributed by atoms with Gasteiger partial charge in [-0.3, -0.25) is 4.72 Å². The highest BCUT2D eigenvalue weighted by atomic mass is 32.2. The summed E-state index contributed by atoms with van der Waals surface area (Å²) in [7, 11) is -3.48. The fourth-order valence-electron chi connectivity index (χ4n) is 1.18. The molecule has 0 saturated carbocycles. The molecule has 0 amide bonds. The fraction of sp³-hybridized carbons (Fsp3) is 0.333. The summed E-state index contributed by atoms with van der Waals surface area (Å²) in [4.78, 5) is 0. The van der Waals surface area contributed by atoms with Crippen LogP contribution in [-0.4, -0.2) is 14.7 Å². The Labute approximate surface area is 87.2 Å². The molecule has 0 radical (unpaired) electrons. The lowest BCUT2D eigenvalue weighted by atomic mass is 10.1. The van der Waals surface area contributed by atoms with Gasteiger partial charge in [0.1, 0.15) is 0 Å². The van der Waals surface area contributed by atoms with Crippen molar-refractivity contribution in [2.45, 2.75) is 13.3 Å². The van der Waals surface area contributed by atoms with Crippen molar-refractivity contribution in [2.24, 2.45) is 0 Å². The van der Waals surface area contributed by atoms with E-state index in [0.717, 1.165) is 18.4 Å². The minimum atomic E-state index is -3.48. The summed E-state index contributed by atoms with van der Waals surface area (Å²) in [5, 5.41) is 0. The number of benzene rings is 1. The van der Waals surface area contributed by atoms with Gasteiger partial charge in [-0.05, 0) is 18.1 Å². The van der Waals surface area contributed by atoms with Gasteiger partial charge in [0, 0.05) is 6.07 Å². The maximum atomic E-state index is 12.9. The molecule has 0 saturated heterocycles. The number of hydrogen-bond donors (Lipinski definition) is 1. The smallest absolute Gasteiger partial charge is 0.229 e. The van der Waals surface area contributed by atoms with Crippen LogP contribution in [0.25, 0.3) is 0 Å². The molecule has 6 heteroatoms. The molecular weight excluding hydrogens is 224 g/mol. The van der Waals surface area contributed by atoms with Crippen molar-refractivity contribution >= 4 is 15.7 Å². The van der Waals surface area contributed by atoms with Crippen molar-refractivity contribution in [1.29, 1.82) is 0 Å². The van der Waals surface area contributed by atoms with Crippen molar-refractivity contribution in [3.05, 3.63) is 29.3 Å². The normalized spacial score (nSPS) is 11.5. The van der Waals surface area contributed by atoms with Crippen molar-refractivity contribution in [3.8, 4) is 0 Å². The molecule has 0 bridgehead atoms. The zero-order valence-corrected chi connectivity index (χ0v) is 9.16. The Bertz CT molecular complexity index is 471. The van der Waals surface area contributed by atoms with Crippen LogP contribution >= 0.6 is 0 Å². The van der Waals surface area contributed by atoms with Gasteiger partial charge in [-0.1, -0.05) is 6.92 Å². The van der Waals surface area contributed by atoms with E-state index in [4.69, 9.17) is 0 Å². The van der Waals surface area contributed by atoms with E-state index in [1.54, 1.807) is 6.92 Å². The quantitative estimate of drug-likeness (QED) is 0.869. The van der Waals surface area contributed by atoms with Gasteiger partial charge < -0.3 is 0 Å². The van der Waals surface area contributed by atoms with Gasteiger partial charge >= 0.3 is 0 Å². The number of nitrogens with one attached hydrogen (secondary N) is 1. The summed E-state index contributed by atoms with van der Waals surface area (Å²) in [6.45, 7) is 1.72. The maximum Gasteiger partial charge on any atom is 0.229 e. The molecule has 0 fully saturated rings. The average Bonchev–Trinajstić information content (AvgIpc) is 2.08. The van der Waals surface area contributed by atoms with E-state index in [0.29, 0.717) is 12.0 Å². The third-order valence-electron chi connectivity index (χ3n) is 1.82. The van der Waals surface area contributed by atoms with Crippen LogP contribution in [0, 0.1) is 11.6 Å². The summed E-state index contributed by atoms with van der Waals surface area (Å²) in [5.41, 5.74) is 0.498. The van der Waals surface area contributed by atoms with Gasteiger partial charge in [-0.25, -0.2) is 17.2 Å². The molecule has 0 aliphatic carbocycles. The number of sulfonamides is 1. The first-order chi connectivity index (χ1) is 6.83. The molecule has 0 aliphatic rings. The first kappa shape index (κ1) is 11.9. The average molecular weight is 235 g/mol. The second-order valence-corrected chi connectivity index (χ2v) is 4.90. The molecular formula is C9H11F2NO2S. The van der Waals surface area contributed by atoms with E-state index in [9.17, 15) is 17.2 Å². The van der Waals surface area contributed by atoms with Crippen molar-refractivity contribution in [1.82, 2.24) is 0 Å². The van der Waals surface area contributed by atoms with E-state index in [-0.39, 0.29) is 5.69 Å². The molecule has 1 aromatic carbocycles. The Balaban J connectivity index is 3.22. The largest absolute Gasteiger partial charge is 0.283 e. The molecule has 0 aliphatic heterocycles. The molecule has 3 nitrogen and oxygen atoms in total. The molecule has 0 heterocycles. The highest BCUT2D eigenvalue weighted by molar-refractivity contribution is 7.92. The Hall–Kier alpha value is -1.17. The molecule has 0 unspecified atom stereocenters. The SMILES string of the molecule is CCc1cc(F)c(F)cc1NS(C)(=O)=O. The van der Waals surface area contributed by atoms with Gasteiger partial charge in [-0.2, -0.15) is 0 Å². The highest BCUT2D eigenvalue weighted by Gasteiger charge is 2.11. The van der Waals surface area contributed by atoms with Crippen LogP contribution in [0.15, 0.2) is 12.1 Å². The summed E-state index contributed by atoms with van der Waals surface area (Å²) in [5.74, 6) is -2.05. The van der Waals surface area contributed by atoms with E-state index in [1.165, 1.54) is 0 Å². The lowest BCUT2D eigenvalue weighted by Gasteiger charge is -2.09. The number of aryl methyl sites for hydroxylation is 1. The predicted octanol–water partition coefficient (Wildman–Crippen LogP) is 1.90. The Morgan fingerprint density at radius 1 is 1.27 bits per heavy atom. The first-order valence-corrected chi connectivity index (χ1v) is 6.18. The molecule has 15 heavy (non-hydrogen) atoms. The fourth-order valence-corrected chi connectivity index (χ4v) is 1.76. The highest BCUT2D eigenvalue weighted by Crippen LogP contribution is 2.21. The molecule has 1 aromatic rings. The van der Waals surface area contributed by atoms with Crippen molar-refractivity contribution in [2.75, 3.05) is 11.0 Å². The van der Waals surface area contributed by atoms with Crippen molar-refractivity contribution < 1.29 is 17.2 Å². The molecule has 0 aromatic heterocycles. The Morgan fingerprint density at radius 3 is 2.27 bits per heavy atom. The van der Waals surface area contributed by atoms with Crippen LogP contribution in [0.2, 0.25) is 0 Å². The summed E-state index contributed by atoms with van der Waals surface area (Å²) >= 11 is 0. The minimum absolute atomic E-state index is 0.0823. The van der Waals surface area contributed by atoms with Crippen LogP contribution in [-0.2, 0) is 16.4 Å². The number of anilines is 1. The van der Waals surface area contributed by atoms with Crippen LogP contribution in [0.1, 0.15) is 12.5 Å². The van der Waals surface area contributed by atoms with E-state index in [2.05, 4.69) is 4.72 Å². The van der Waals surface area contributed by atoms with Crippen molar-refractivity contribution in [3.63, 3.8) is 0 Å². The zero-order chi connectivity index (χ0) is 11.6. The molecule has 1 rings (SSSR count). The van der Waals surface area contributed by atoms with Gasteiger partial charge in [0.2, 0.25) is 10.0 Å². The van der Waals surface area contributed by atoms with Gasteiger partial charge in [0.15, 0.2) is 11.6 Å². The molecule has 1 N–H and O–H groups in total. The molecule has 0 spiro atoms. The molecule has 0 atom stereocenters. The minimum Gasteiger partial charge on any atom is -0.283 e. The summed E-state index contributed by atoms with van der Waals surface area (Å²) in [6, 6.07) is 1.83. The molecule has 84 valence electrons. The monoisotopic (exact) mass is 235 g/mol. The lowest BCUT2D eigenvalue weighted by molar-refractivity contribution is 0.508. The van der Waals surface area contributed by atoms with Crippen LogP contribution in [0.3, 0.4) is 0 Å². The standard InChI is InChI=1S/C9H11F2NO2S/c1-3-6-4-7(10)8(11)5-9(6)12-15(2,13)14/h4-5,12H,3H2,1-2H3. The van der Waals surface area contributed by atoms with Gasteiger partial charge in [0.05, 0.1) is 11.9 Å². The Morgan fingerprint density at radius 2 is 1.80 bits per heavy atom. The lowest BCUT2D eigenvalue weighted by Crippen LogP contribution is -2.11. The number of hydrogen-bond acceptors (Lipinski definition) is 2. The third kappa shape index (κ3) is 3.16. The van der Waals surface area contributed by atoms with Crippen LogP contribution in [0.4, 0.5) is 14.5 Å². The van der Waals surface area contributed by atoms with Gasteiger partial charge in [-0.15, -0.1) is 0 Å². The zero-order valence-electron chi connectivity index (χ0n) is 8.34. The van der Waals surface area contributed by atoms with Crippen LogP contribution < -0.4 is 4.72 Å². The predicted molar refractivity (Wildman–Crippen MR) is 54.2 cm³/mol. The second-order valence-electron chi connectivity index (χ2n) is 3.15. The number of rotatable bonds is 3. The Kier molecular flexibility index (Phi) is 3.28. The summed E-state index contributed by atoms with van der Waals surface area (Å²) < 4.78 is 49.7. The first-order valence-electron chi connectivity index (χ1n) is 4.29. The third-order valence-corrected chi connectivity index (χ3v) is 2.41. The topological polar surface area (TPSA) is 46.2 Å². The van der Waals surface area contributed by atoms with Gasteiger partial charge in [0.25, 0.3) is 0 Å². The summed E-state index contributed by atoms with van der Waals surface area (Å²) in [6.07, 6.45) is 1.36. The second kappa shape index (κ2) is 4.14. The van der Waals surface area contributed by atoms with E-state index < -0.39 is 21.7 Å². The maximum absolute atomic E-state index is 12.9. The van der Waals surface area contributed by atoms with Crippen LogP contribution in [0.5, 0.6) is 0 Å². The number of halogens is 2. The van der Waals surface area contributed by atoms with E-state index >= 15 is 0 Å².